The molecule has 3 aromatic rings. The predicted octanol–water partition coefficient (Wildman–Crippen LogP) is 5.56. The summed E-state index contributed by atoms with van der Waals surface area (Å²) in [6.45, 7) is 11.7. The number of rotatable bonds is 4. The lowest BCUT2D eigenvalue weighted by molar-refractivity contribution is 0.0442. The van der Waals surface area contributed by atoms with Crippen LogP contribution in [0.2, 0.25) is 0 Å². The summed E-state index contributed by atoms with van der Waals surface area (Å²) >= 11 is 1.69. The number of pyridine rings is 1. The van der Waals surface area contributed by atoms with Crippen molar-refractivity contribution < 1.29 is 9.53 Å². The van der Waals surface area contributed by atoms with Crippen LogP contribution in [0.1, 0.15) is 64.1 Å². The number of carbonyl (C=O) groups is 1. The van der Waals surface area contributed by atoms with Crippen molar-refractivity contribution in [3.05, 3.63) is 42.1 Å². The highest BCUT2D eigenvalue weighted by Crippen LogP contribution is 2.47. The van der Waals surface area contributed by atoms with Gasteiger partial charge in [-0.3, -0.25) is 9.38 Å². The highest BCUT2D eigenvalue weighted by molar-refractivity contribution is 7.99. The molecular formula is C27H36N6O2S. The maximum atomic E-state index is 12.5. The van der Waals surface area contributed by atoms with Crippen LogP contribution < -0.4 is 10.2 Å². The van der Waals surface area contributed by atoms with Crippen molar-refractivity contribution in [2.75, 3.05) is 18.0 Å². The largest absolute Gasteiger partial charge is 0.444 e. The normalized spacial score (nSPS) is 19.7. The number of aromatic nitrogens is 4. The molecule has 1 N–H and O–H groups in total. The van der Waals surface area contributed by atoms with Crippen LogP contribution in [0.4, 0.5) is 10.7 Å². The summed E-state index contributed by atoms with van der Waals surface area (Å²) in [5.74, 6) is 0.930. The molecular weight excluding hydrogens is 472 g/mol. The summed E-state index contributed by atoms with van der Waals surface area (Å²) in [4.78, 5) is 31.0. The van der Waals surface area contributed by atoms with Gasteiger partial charge in [-0.05, 0) is 77.3 Å². The molecule has 0 radical (unpaired) electrons. The number of amides is 1. The third-order valence-corrected chi connectivity index (χ3v) is 8.81. The van der Waals surface area contributed by atoms with Gasteiger partial charge in [0.15, 0.2) is 5.65 Å². The summed E-state index contributed by atoms with van der Waals surface area (Å²) in [6.07, 6.45) is 12.7. The molecule has 36 heavy (non-hydrogen) atoms. The molecule has 2 fully saturated rings. The molecule has 0 aromatic carbocycles. The van der Waals surface area contributed by atoms with Gasteiger partial charge < -0.3 is 15.0 Å². The molecule has 5 rings (SSSR count). The Bertz CT molecular complexity index is 1260. The van der Waals surface area contributed by atoms with E-state index in [4.69, 9.17) is 9.72 Å². The monoisotopic (exact) mass is 508 g/mol. The lowest BCUT2D eigenvalue weighted by atomic mass is 9.74. The zero-order valence-electron chi connectivity index (χ0n) is 21.9. The topological polar surface area (TPSA) is 84.7 Å². The van der Waals surface area contributed by atoms with E-state index in [2.05, 4.69) is 31.5 Å². The number of aryl methyl sites for hydroxylation is 1. The van der Waals surface area contributed by atoms with Crippen LogP contribution in [0.15, 0.2) is 40.6 Å². The third-order valence-electron chi connectivity index (χ3n) is 7.64. The summed E-state index contributed by atoms with van der Waals surface area (Å²) in [5, 5.41) is 3.20. The number of anilines is 1. The Balaban J connectivity index is 1.31. The van der Waals surface area contributed by atoms with E-state index in [0.717, 1.165) is 67.4 Å². The fourth-order valence-corrected chi connectivity index (χ4v) is 6.61. The van der Waals surface area contributed by atoms with Crippen molar-refractivity contribution in [1.82, 2.24) is 24.7 Å². The van der Waals surface area contributed by atoms with Gasteiger partial charge >= 0.3 is 6.09 Å². The first-order valence-corrected chi connectivity index (χ1v) is 13.6. The molecule has 2 aliphatic rings. The molecule has 1 amide bonds. The van der Waals surface area contributed by atoms with Gasteiger partial charge in [0.05, 0.1) is 4.90 Å². The molecule has 3 aromatic heterocycles. The number of hydrogen-bond acceptors (Lipinski definition) is 7. The van der Waals surface area contributed by atoms with Crippen LogP contribution in [0, 0.1) is 19.3 Å². The predicted molar refractivity (Wildman–Crippen MR) is 142 cm³/mol. The average Bonchev–Trinajstić information content (AvgIpc) is 3.45. The number of fused-ring (bicyclic) bond motifs is 1. The van der Waals surface area contributed by atoms with E-state index >= 15 is 0 Å². The maximum Gasteiger partial charge on any atom is 0.407 e. The number of carbonyl (C=O) groups excluding carboxylic acids is 1. The van der Waals surface area contributed by atoms with Crippen LogP contribution in [0.5, 0.6) is 0 Å². The molecule has 1 spiro atoms. The van der Waals surface area contributed by atoms with Gasteiger partial charge in [-0.1, -0.05) is 18.2 Å². The number of hydrogen-bond donors (Lipinski definition) is 1. The highest BCUT2D eigenvalue weighted by atomic mass is 32.2. The molecule has 1 saturated heterocycles. The second-order valence-corrected chi connectivity index (χ2v) is 12.2. The fourth-order valence-electron chi connectivity index (χ4n) is 5.60. The van der Waals surface area contributed by atoms with Crippen LogP contribution in [-0.4, -0.2) is 50.2 Å². The van der Waals surface area contributed by atoms with Gasteiger partial charge in [-0.15, -0.1) is 0 Å². The van der Waals surface area contributed by atoms with Crippen molar-refractivity contribution in [2.24, 2.45) is 5.41 Å². The minimum absolute atomic E-state index is 0.133. The van der Waals surface area contributed by atoms with E-state index in [0.29, 0.717) is 0 Å². The zero-order chi connectivity index (χ0) is 25.5. The second kappa shape index (κ2) is 9.57. The van der Waals surface area contributed by atoms with E-state index in [-0.39, 0.29) is 17.6 Å². The molecule has 9 heteroatoms. The van der Waals surface area contributed by atoms with Gasteiger partial charge in [0, 0.05) is 54.5 Å². The number of alkyl carbamates (subject to hydrolysis) is 1. The Morgan fingerprint density at radius 1 is 1.11 bits per heavy atom. The van der Waals surface area contributed by atoms with Crippen molar-refractivity contribution in [3.8, 4) is 0 Å². The van der Waals surface area contributed by atoms with Crippen molar-refractivity contribution in [2.45, 2.75) is 88.2 Å². The lowest BCUT2D eigenvalue weighted by Gasteiger charge is -2.43. The first-order valence-electron chi connectivity index (χ1n) is 12.8. The third kappa shape index (κ3) is 4.90. The van der Waals surface area contributed by atoms with Gasteiger partial charge in [0.25, 0.3) is 0 Å². The summed E-state index contributed by atoms with van der Waals surface area (Å²) in [7, 11) is 0. The fraction of sp³-hybridized carbons (Fsp3) is 0.556. The Hall–Kier alpha value is -2.81. The van der Waals surface area contributed by atoms with E-state index in [1.807, 2.05) is 58.5 Å². The number of nitrogens with zero attached hydrogens (tertiary/aromatic N) is 5. The minimum atomic E-state index is -0.486. The number of nitrogens with one attached hydrogen (secondary N) is 1. The van der Waals surface area contributed by atoms with Crippen LogP contribution in [0.25, 0.3) is 5.65 Å². The molecule has 1 saturated carbocycles. The van der Waals surface area contributed by atoms with Crippen molar-refractivity contribution in [1.29, 1.82) is 0 Å². The maximum absolute atomic E-state index is 12.5. The van der Waals surface area contributed by atoms with E-state index in [1.54, 1.807) is 11.8 Å². The molecule has 0 bridgehead atoms. The first-order chi connectivity index (χ1) is 17.2. The number of piperidine rings is 1. The molecule has 1 atom stereocenters. The van der Waals surface area contributed by atoms with Crippen LogP contribution in [0.3, 0.4) is 0 Å². The minimum Gasteiger partial charge on any atom is -0.444 e. The molecule has 8 nitrogen and oxygen atoms in total. The first kappa shape index (κ1) is 24.9. The van der Waals surface area contributed by atoms with Gasteiger partial charge in [-0.2, -0.15) is 0 Å². The van der Waals surface area contributed by atoms with Gasteiger partial charge in [0.1, 0.15) is 5.60 Å². The smallest absolute Gasteiger partial charge is 0.407 e. The van der Waals surface area contributed by atoms with Gasteiger partial charge in [-0.25, -0.2) is 14.8 Å². The van der Waals surface area contributed by atoms with Crippen molar-refractivity contribution in [3.63, 3.8) is 0 Å². The Kier molecular flexibility index (Phi) is 6.61. The summed E-state index contributed by atoms with van der Waals surface area (Å²) in [5.41, 5.74) is 2.79. The number of imidazole rings is 1. The lowest BCUT2D eigenvalue weighted by Crippen LogP contribution is -2.51. The molecule has 192 valence electrons. The quantitative estimate of drug-likeness (QED) is 0.494. The van der Waals surface area contributed by atoms with Crippen LogP contribution >= 0.6 is 11.8 Å². The highest BCUT2D eigenvalue weighted by Gasteiger charge is 2.46. The average molecular weight is 509 g/mol. The SMILES string of the molecule is Cc1nccc(Sc2cnc(N3CCC4(CCC[C@H]4NC(=O)OC(C)(C)C)CC3)n3ccnc23)c1C. The Labute approximate surface area is 217 Å². The van der Waals surface area contributed by atoms with Gasteiger partial charge in [0.2, 0.25) is 5.95 Å². The Morgan fingerprint density at radius 3 is 2.64 bits per heavy atom. The van der Waals surface area contributed by atoms with E-state index in [9.17, 15) is 4.79 Å². The summed E-state index contributed by atoms with van der Waals surface area (Å²) < 4.78 is 7.65. The zero-order valence-corrected chi connectivity index (χ0v) is 22.7. The molecule has 0 unspecified atom stereocenters. The molecule has 1 aliphatic heterocycles. The van der Waals surface area contributed by atoms with Crippen molar-refractivity contribution >= 4 is 29.5 Å². The van der Waals surface area contributed by atoms with Crippen LogP contribution in [-0.2, 0) is 4.74 Å². The molecule has 1 aliphatic carbocycles. The van der Waals surface area contributed by atoms with E-state index < -0.39 is 5.60 Å². The number of ether oxygens (including phenoxy) is 1. The second-order valence-electron chi connectivity index (χ2n) is 11.1. The standard InChI is InChI=1S/C27H36N6O2S/c1-18-19(2)28-12-8-20(18)36-21-17-30-24(33-16-13-29-23(21)33)32-14-10-27(11-15-32)9-6-7-22(27)31-25(34)35-26(3,4)5/h8,12-13,16-17,22H,6-7,9-11,14-15H2,1-5H3,(H,31,34)/t22-/m1/s1. The Morgan fingerprint density at radius 2 is 1.89 bits per heavy atom. The van der Waals surface area contributed by atoms with E-state index in [1.165, 1.54) is 10.5 Å². The molecule has 4 heterocycles. The summed E-state index contributed by atoms with van der Waals surface area (Å²) in [6, 6.07) is 2.22.